The molecule has 100 valence electrons. The summed E-state index contributed by atoms with van der Waals surface area (Å²) in [7, 11) is 1.93. The third-order valence-electron chi connectivity index (χ3n) is 3.93. The van der Waals surface area contributed by atoms with Crippen LogP contribution in [0.15, 0.2) is 0 Å². The molecule has 17 heavy (non-hydrogen) atoms. The summed E-state index contributed by atoms with van der Waals surface area (Å²) < 4.78 is 0. The third kappa shape index (κ3) is 5.53. The number of hydrogen-bond acceptors (Lipinski definition) is 2. The van der Waals surface area contributed by atoms with Gasteiger partial charge in [0.25, 0.3) is 0 Å². The molecule has 3 heteroatoms. The number of amides is 1. The first-order valence-corrected chi connectivity index (χ1v) is 7.13. The molecule has 0 atom stereocenters. The maximum Gasteiger partial charge on any atom is 0.222 e. The van der Waals surface area contributed by atoms with Gasteiger partial charge in [0.2, 0.25) is 5.91 Å². The van der Waals surface area contributed by atoms with Crippen molar-refractivity contribution in [1.29, 1.82) is 0 Å². The number of carbonyl (C=O) groups is 1. The molecule has 0 aliphatic heterocycles. The van der Waals surface area contributed by atoms with Crippen LogP contribution >= 0.6 is 0 Å². The Morgan fingerprint density at radius 3 is 2.53 bits per heavy atom. The van der Waals surface area contributed by atoms with Crippen molar-refractivity contribution in [2.75, 3.05) is 13.6 Å². The zero-order valence-electron chi connectivity index (χ0n) is 11.5. The number of nitrogens with two attached hydrogens (primary N) is 1. The molecule has 1 saturated carbocycles. The first kappa shape index (κ1) is 14.5. The smallest absolute Gasteiger partial charge is 0.222 e. The Hall–Kier alpha value is -0.570. The molecule has 1 fully saturated rings. The summed E-state index contributed by atoms with van der Waals surface area (Å²) in [4.78, 5) is 13.7. The van der Waals surface area contributed by atoms with Crippen LogP contribution in [0, 0.1) is 5.92 Å². The fraction of sp³-hybridized carbons (Fsp3) is 0.929. The molecule has 1 aliphatic rings. The van der Waals surface area contributed by atoms with E-state index in [0.717, 1.165) is 51.0 Å². The predicted octanol–water partition coefficient (Wildman–Crippen LogP) is 2.54. The third-order valence-corrected chi connectivity index (χ3v) is 3.93. The molecule has 0 radical (unpaired) electrons. The highest BCUT2D eigenvalue weighted by Crippen LogP contribution is 2.27. The van der Waals surface area contributed by atoms with Crippen molar-refractivity contribution in [3.05, 3.63) is 0 Å². The lowest BCUT2D eigenvalue weighted by Gasteiger charge is -2.26. The van der Waals surface area contributed by atoms with E-state index in [-0.39, 0.29) is 0 Å². The lowest BCUT2D eigenvalue weighted by atomic mass is 9.84. The average molecular weight is 240 g/mol. The molecule has 1 aliphatic carbocycles. The van der Waals surface area contributed by atoms with Gasteiger partial charge >= 0.3 is 0 Å². The standard InChI is InChI=1S/C14H28N2O/c1-3-4-11-16(2)14(17)10-7-12-5-8-13(15)9-6-12/h12-13H,3-11,15H2,1-2H3. The van der Waals surface area contributed by atoms with Crippen molar-refractivity contribution in [2.45, 2.75) is 64.3 Å². The zero-order valence-corrected chi connectivity index (χ0v) is 11.5. The van der Waals surface area contributed by atoms with Crippen molar-refractivity contribution in [2.24, 2.45) is 11.7 Å². The van der Waals surface area contributed by atoms with E-state index >= 15 is 0 Å². The van der Waals surface area contributed by atoms with Gasteiger partial charge in [0.1, 0.15) is 0 Å². The summed E-state index contributed by atoms with van der Waals surface area (Å²) in [5.41, 5.74) is 5.88. The summed E-state index contributed by atoms with van der Waals surface area (Å²) in [5, 5.41) is 0. The highest BCUT2D eigenvalue weighted by atomic mass is 16.2. The Kier molecular flexibility index (Phi) is 6.56. The number of rotatable bonds is 6. The summed E-state index contributed by atoms with van der Waals surface area (Å²) in [6, 6.07) is 0.411. The Balaban J connectivity index is 2.14. The molecular formula is C14H28N2O. The fourth-order valence-corrected chi connectivity index (χ4v) is 2.52. The summed E-state index contributed by atoms with van der Waals surface area (Å²) in [5.74, 6) is 1.05. The minimum absolute atomic E-state index is 0.313. The van der Waals surface area contributed by atoms with E-state index in [1.165, 1.54) is 12.8 Å². The van der Waals surface area contributed by atoms with E-state index in [0.29, 0.717) is 11.9 Å². The summed E-state index contributed by atoms with van der Waals surface area (Å²) in [6.45, 7) is 3.06. The average Bonchev–Trinajstić information content (AvgIpc) is 2.34. The maximum absolute atomic E-state index is 11.9. The molecule has 0 unspecified atom stereocenters. The molecule has 0 bridgehead atoms. The monoisotopic (exact) mass is 240 g/mol. The van der Waals surface area contributed by atoms with Gasteiger partial charge in [-0.1, -0.05) is 13.3 Å². The predicted molar refractivity (Wildman–Crippen MR) is 71.7 cm³/mol. The number of hydrogen-bond donors (Lipinski definition) is 1. The van der Waals surface area contributed by atoms with Crippen molar-refractivity contribution >= 4 is 5.91 Å². The maximum atomic E-state index is 11.9. The molecule has 1 rings (SSSR count). The van der Waals surface area contributed by atoms with E-state index in [4.69, 9.17) is 5.73 Å². The zero-order chi connectivity index (χ0) is 12.7. The van der Waals surface area contributed by atoms with Gasteiger partial charge in [-0.15, -0.1) is 0 Å². The topological polar surface area (TPSA) is 46.3 Å². The number of nitrogens with zero attached hydrogens (tertiary/aromatic N) is 1. The normalized spacial score (nSPS) is 24.6. The van der Waals surface area contributed by atoms with Crippen molar-refractivity contribution in [3.63, 3.8) is 0 Å². The summed E-state index contributed by atoms with van der Waals surface area (Å²) in [6.07, 6.45) is 8.76. The molecular weight excluding hydrogens is 212 g/mol. The second-order valence-corrected chi connectivity index (χ2v) is 5.49. The first-order valence-electron chi connectivity index (χ1n) is 7.13. The molecule has 0 aromatic heterocycles. The molecule has 0 aromatic carbocycles. The Labute approximate surface area is 106 Å². The van der Waals surface area contributed by atoms with Gasteiger partial charge in [-0.25, -0.2) is 0 Å². The van der Waals surface area contributed by atoms with Crippen molar-refractivity contribution < 1.29 is 4.79 Å². The van der Waals surface area contributed by atoms with Gasteiger partial charge in [-0.3, -0.25) is 4.79 Å². The van der Waals surface area contributed by atoms with Gasteiger partial charge in [0, 0.05) is 26.1 Å². The van der Waals surface area contributed by atoms with Crippen LogP contribution in [0.4, 0.5) is 0 Å². The molecule has 3 nitrogen and oxygen atoms in total. The number of unbranched alkanes of at least 4 members (excludes halogenated alkanes) is 1. The second-order valence-electron chi connectivity index (χ2n) is 5.49. The van der Waals surface area contributed by atoms with E-state index in [1.54, 1.807) is 0 Å². The van der Waals surface area contributed by atoms with E-state index < -0.39 is 0 Å². The SMILES string of the molecule is CCCCN(C)C(=O)CCC1CCC(N)CC1. The lowest BCUT2D eigenvalue weighted by Crippen LogP contribution is -2.29. The van der Waals surface area contributed by atoms with Crippen LogP contribution in [-0.2, 0) is 4.79 Å². The highest BCUT2D eigenvalue weighted by molar-refractivity contribution is 5.75. The van der Waals surface area contributed by atoms with Crippen LogP contribution < -0.4 is 5.73 Å². The highest BCUT2D eigenvalue weighted by Gasteiger charge is 2.19. The van der Waals surface area contributed by atoms with E-state index in [9.17, 15) is 4.79 Å². The van der Waals surface area contributed by atoms with Crippen LogP contribution in [-0.4, -0.2) is 30.4 Å². The largest absolute Gasteiger partial charge is 0.346 e. The first-order chi connectivity index (χ1) is 8.13. The van der Waals surface area contributed by atoms with Gasteiger partial charge in [-0.05, 0) is 44.4 Å². The van der Waals surface area contributed by atoms with Gasteiger partial charge in [-0.2, -0.15) is 0 Å². The minimum Gasteiger partial charge on any atom is -0.346 e. The molecule has 0 heterocycles. The van der Waals surface area contributed by atoms with E-state index in [1.807, 2.05) is 11.9 Å². The molecule has 0 spiro atoms. The van der Waals surface area contributed by atoms with Gasteiger partial charge in [0.15, 0.2) is 0 Å². The molecule has 1 amide bonds. The van der Waals surface area contributed by atoms with Crippen molar-refractivity contribution in [3.8, 4) is 0 Å². The quantitative estimate of drug-likeness (QED) is 0.775. The van der Waals surface area contributed by atoms with Crippen LogP contribution in [0.1, 0.15) is 58.3 Å². The summed E-state index contributed by atoms with van der Waals surface area (Å²) >= 11 is 0. The molecule has 0 saturated heterocycles. The Morgan fingerprint density at radius 1 is 1.29 bits per heavy atom. The van der Waals surface area contributed by atoms with Gasteiger partial charge in [0.05, 0.1) is 0 Å². The van der Waals surface area contributed by atoms with Gasteiger partial charge < -0.3 is 10.6 Å². The minimum atomic E-state index is 0.313. The van der Waals surface area contributed by atoms with Crippen LogP contribution in [0.3, 0.4) is 0 Å². The van der Waals surface area contributed by atoms with Crippen LogP contribution in [0.25, 0.3) is 0 Å². The molecule has 0 aromatic rings. The fourth-order valence-electron chi connectivity index (χ4n) is 2.52. The number of carbonyl (C=O) groups excluding carboxylic acids is 1. The van der Waals surface area contributed by atoms with E-state index in [2.05, 4.69) is 6.92 Å². The Morgan fingerprint density at radius 2 is 1.94 bits per heavy atom. The van der Waals surface area contributed by atoms with Crippen molar-refractivity contribution in [1.82, 2.24) is 4.90 Å². The van der Waals surface area contributed by atoms with Crippen LogP contribution in [0.2, 0.25) is 0 Å². The van der Waals surface area contributed by atoms with Crippen LogP contribution in [0.5, 0.6) is 0 Å². The molecule has 2 N–H and O–H groups in total. The lowest BCUT2D eigenvalue weighted by molar-refractivity contribution is -0.130. The second kappa shape index (κ2) is 7.70. The Bertz CT molecular complexity index is 222.